The number of imide groups is 4. The van der Waals surface area contributed by atoms with E-state index in [1.54, 1.807) is 18.2 Å². The number of hydrogen-bond donors (Lipinski definition) is 0. The van der Waals surface area contributed by atoms with Crippen LogP contribution in [-0.4, -0.2) is 88.5 Å². The molecule has 2 saturated heterocycles. The summed E-state index contributed by atoms with van der Waals surface area (Å²) in [6.07, 6.45) is 2.96. The molecule has 2 aliphatic rings. The first-order chi connectivity index (χ1) is 19.4. The van der Waals surface area contributed by atoms with Crippen LogP contribution in [0.25, 0.3) is 32.5 Å². The van der Waals surface area contributed by atoms with Gasteiger partial charge in [-0.1, -0.05) is 24.3 Å². The maximum atomic E-state index is 12.5. The third kappa shape index (κ3) is 4.78. The molecule has 5 rings (SSSR count). The van der Waals surface area contributed by atoms with Crippen LogP contribution in [0.5, 0.6) is 0 Å². The Morgan fingerprint density at radius 3 is 1.63 bits per heavy atom. The van der Waals surface area contributed by atoms with Gasteiger partial charge in [-0.05, 0) is 36.8 Å². The maximum Gasteiger partial charge on any atom is 0.333 e. The van der Waals surface area contributed by atoms with Gasteiger partial charge in [-0.25, -0.2) is 14.6 Å². The molecular formula is C28H23N5O6S2. The van der Waals surface area contributed by atoms with Crippen LogP contribution in [-0.2, 0) is 19.2 Å². The smallest absolute Gasteiger partial charge is 0.268 e. The van der Waals surface area contributed by atoms with E-state index in [0.29, 0.717) is 10.4 Å². The summed E-state index contributed by atoms with van der Waals surface area (Å²) in [6.45, 7) is 1.89. The van der Waals surface area contributed by atoms with E-state index in [4.69, 9.17) is 4.98 Å². The van der Waals surface area contributed by atoms with E-state index in [1.165, 1.54) is 63.0 Å². The fourth-order valence-corrected chi connectivity index (χ4v) is 6.47. The summed E-state index contributed by atoms with van der Waals surface area (Å²) in [7, 11) is 5.33. The number of nitrogens with zero attached hydrogens (tertiary/aromatic N) is 5. The molecular weight excluding hydrogens is 566 g/mol. The number of barbiturate groups is 2. The molecule has 2 fully saturated rings. The highest BCUT2D eigenvalue weighted by Gasteiger charge is 2.38. The van der Waals surface area contributed by atoms with Crippen molar-refractivity contribution in [1.29, 1.82) is 0 Å². The number of benzene rings is 1. The van der Waals surface area contributed by atoms with Crippen molar-refractivity contribution in [3.63, 3.8) is 0 Å². The lowest BCUT2D eigenvalue weighted by Gasteiger charge is -2.28. The third-order valence-corrected chi connectivity index (χ3v) is 9.11. The van der Waals surface area contributed by atoms with Crippen molar-refractivity contribution in [3.05, 3.63) is 63.7 Å². The molecule has 4 heterocycles. The van der Waals surface area contributed by atoms with Crippen LogP contribution in [0.1, 0.15) is 16.1 Å². The average molecular weight is 590 g/mol. The standard InChI is InChI=1S/C28H23N5O6S2/c1-14-21(20-11-10-17(40-20)13-19-25(36)32(4)28(39)33(5)26(19)37)41-22(29-14)16-8-6-15(7-9-16)12-18-23(34)30(2)27(38)31(3)24(18)35/h6-13H,1-5H3. The van der Waals surface area contributed by atoms with Crippen molar-refractivity contribution in [1.82, 2.24) is 24.6 Å². The van der Waals surface area contributed by atoms with E-state index in [-0.39, 0.29) is 11.1 Å². The average Bonchev–Trinajstić information content (AvgIpc) is 3.60. The molecule has 8 amide bonds. The summed E-state index contributed by atoms with van der Waals surface area (Å²) in [6, 6.07) is 9.56. The molecule has 3 aromatic rings. The number of carbonyl (C=O) groups is 6. The Morgan fingerprint density at radius 1 is 0.634 bits per heavy atom. The number of amides is 8. The summed E-state index contributed by atoms with van der Waals surface area (Å²) in [5.41, 5.74) is 2.09. The molecule has 11 nitrogen and oxygen atoms in total. The van der Waals surface area contributed by atoms with Crippen LogP contribution in [0.3, 0.4) is 0 Å². The number of aryl methyl sites for hydroxylation is 1. The molecule has 0 N–H and O–H groups in total. The molecule has 2 aliphatic heterocycles. The quantitative estimate of drug-likeness (QED) is 0.335. The van der Waals surface area contributed by atoms with Crippen molar-refractivity contribution >= 4 is 70.5 Å². The third-order valence-electron chi connectivity index (χ3n) is 6.69. The molecule has 0 radical (unpaired) electrons. The van der Waals surface area contributed by atoms with Gasteiger partial charge in [-0.15, -0.1) is 22.7 Å². The highest BCUT2D eigenvalue weighted by Crippen LogP contribution is 2.39. The molecule has 0 spiro atoms. The van der Waals surface area contributed by atoms with Gasteiger partial charge in [0.1, 0.15) is 16.2 Å². The Hall–Kier alpha value is -4.75. The maximum absolute atomic E-state index is 12.5. The summed E-state index contributed by atoms with van der Waals surface area (Å²) in [4.78, 5) is 84.8. The number of likely N-dealkylation sites (N-methyl/N-ethyl adjacent to an activating group) is 4. The number of aromatic nitrogens is 1. The fourth-order valence-electron chi connectivity index (χ4n) is 4.28. The number of thiazole rings is 1. The number of hydrogen-bond acceptors (Lipinski definition) is 9. The first kappa shape index (κ1) is 27.8. The summed E-state index contributed by atoms with van der Waals surface area (Å²) in [5, 5.41) is 0.763. The van der Waals surface area contributed by atoms with Gasteiger partial charge >= 0.3 is 12.1 Å². The monoisotopic (exact) mass is 589 g/mol. The van der Waals surface area contributed by atoms with Crippen molar-refractivity contribution in [2.24, 2.45) is 0 Å². The van der Waals surface area contributed by atoms with Gasteiger partial charge in [0.2, 0.25) is 0 Å². The molecule has 2 aromatic heterocycles. The molecule has 208 valence electrons. The van der Waals surface area contributed by atoms with Crippen LogP contribution in [0.15, 0.2) is 47.5 Å². The van der Waals surface area contributed by atoms with Gasteiger partial charge in [0.05, 0.1) is 10.6 Å². The van der Waals surface area contributed by atoms with Gasteiger partial charge in [0.15, 0.2) is 0 Å². The molecule has 0 unspecified atom stereocenters. The molecule has 0 aliphatic carbocycles. The Morgan fingerprint density at radius 2 is 1.12 bits per heavy atom. The molecule has 0 atom stereocenters. The Bertz CT molecular complexity index is 1680. The highest BCUT2D eigenvalue weighted by atomic mass is 32.1. The first-order valence-electron chi connectivity index (χ1n) is 12.2. The zero-order valence-electron chi connectivity index (χ0n) is 22.6. The minimum atomic E-state index is -0.676. The summed E-state index contributed by atoms with van der Waals surface area (Å²) in [5.74, 6) is -2.60. The van der Waals surface area contributed by atoms with E-state index in [1.807, 2.05) is 25.1 Å². The van der Waals surface area contributed by atoms with Gasteiger partial charge < -0.3 is 0 Å². The molecule has 13 heteroatoms. The van der Waals surface area contributed by atoms with Crippen molar-refractivity contribution in [2.75, 3.05) is 28.2 Å². The van der Waals surface area contributed by atoms with Crippen molar-refractivity contribution in [3.8, 4) is 20.3 Å². The highest BCUT2D eigenvalue weighted by molar-refractivity contribution is 7.24. The lowest BCUT2D eigenvalue weighted by Crippen LogP contribution is -2.52. The topological polar surface area (TPSA) is 128 Å². The largest absolute Gasteiger partial charge is 0.333 e. The van der Waals surface area contributed by atoms with Crippen LogP contribution in [0.2, 0.25) is 0 Å². The molecule has 0 saturated carbocycles. The van der Waals surface area contributed by atoms with E-state index in [2.05, 4.69) is 0 Å². The minimum Gasteiger partial charge on any atom is -0.268 e. The summed E-state index contributed by atoms with van der Waals surface area (Å²) < 4.78 is 0. The summed E-state index contributed by atoms with van der Waals surface area (Å²) >= 11 is 2.88. The second-order valence-corrected chi connectivity index (χ2v) is 11.5. The van der Waals surface area contributed by atoms with E-state index >= 15 is 0 Å². The van der Waals surface area contributed by atoms with Crippen LogP contribution in [0, 0.1) is 6.92 Å². The Balaban J connectivity index is 1.38. The fraction of sp³-hybridized carbons (Fsp3) is 0.179. The lowest BCUT2D eigenvalue weighted by atomic mass is 10.1. The zero-order valence-corrected chi connectivity index (χ0v) is 24.3. The van der Waals surface area contributed by atoms with Crippen molar-refractivity contribution < 1.29 is 28.8 Å². The Labute approximate surface area is 242 Å². The predicted octanol–water partition coefficient (Wildman–Crippen LogP) is 3.71. The Kier molecular flexibility index (Phi) is 7.01. The van der Waals surface area contributed by atoms with Crippen LogP contribution < -0.4 is 0 Å². The van der Waals surface area contributed by atoms with Gasteiger partial charge in [-0.2, -0.15) is 0 Å². The van der Waals surface area contributed by atoms with Gasteiger partial charge in [0, 0.05) is 43.5 Å². The number of carbonyl (C=O) groups excluding carboxylic acids is 6. The molecule has 41 heavy (non-hydrogen) atoms. The van der Waals surface area contributed by atoms with Gasteiger partial charge in [-0.3, -0.25) is 38.8 Å². The van der Waals surface area contributed by atoms with E-state index < -0.39 is 35.7 Å². The first-order valence-corrected chi connectivity index (χ1v) is 13.8. The predicted molar refractivity (Wildman–Crippen MR) is 153 cm³/mol. The zero-order chi connectivity index (χ0) is 29.7. The van der Waals surface area contributed by atoms with Crippen LogP contribution >= 0.6 is 22.7 Å². The SMILES string of the molecule is Cc1nc(-c2ccc(C=C3C(=O)N(C)C(=O)N(C)C3=O)cc2)sc1-c1ccc(C=C2C(=O)N(C)C(=O)N(C)C2=O)s1. The normalized spacial score (nSPS) is 16.4. The van der Waals surface area contributed by atoms with Gasteiger partial charge in [0.25, 0.3) is 23.6 Å². The lowest BCUT2D eigenvalue weighted by molar-refractivity contribution is -0.135. The molecule has 0 bridgehead atoms. The number of urea groups is 2. The number of thiophene rings is 1. The number of rotatable bonds is 4. The van der Waals surface area contributed by atoms with E-state index in [9.17, 15) is 28.8 Å². The van der Waals surface area contributed by atoms with Crippen LogP contribution in [0.4, 0.5) is 9.59 Å². The minimum absolute atomic E-state index is 0.0821. The molecule has 1 aromatic carbocycles. The second kappa shape index (κ2) is 10.3. The van der Waals surface area contributed by atoms with Crippen molar-refractivity contribution in [2.45, 2.75) is 6.92 Å². The van der Waals surface area contributed by atoms with E-state index in [0.717, 1.165) is 45.6 Å². The second-order valence-electron chi connectivity index (χ2n) is 9.40.